The Labute approximate surface area is 330 Å². The smallest absolute Gasteiger partial charge is 0.354 e. The Balaban J connectivity index is 0.00000200. The molecule has 0 bridgehead atoms. The van der Waals surface area contributed by atoms with Crippen molar-refractivity contribution in [3.05, 3.63) is 53.2 Å². The molecule has 1 fully saturated rings. The lowest BCUT2D eigenvalue weighted by Gasteiger charge is -2.51. The lowest BCUT2D eigenvalue weighted by atomic mass is 9.84. The van der Waals surface area contributed by atoms with Crippen molar-refractivity contribution in [2.24, 2.45) is 22.5 Å². The number of aromatic nitrogens is 2. The molecular formula is C34H42N9O12S2-. The van der Waals surface area contributed by atoms with Crippen LogP contribution in [0.1, 0.15) is 38.4 Å². The topological polar surface area (TPSA) is 322 Å². The number of carboxylic acids is 1. The number of pyridine rings is 1. The van der Waals surface area contributed by atoms with Crippen LogP contribution in [0.5, 0.6) is 5.75 Å². The zero-order valence-electron chi connectivity index (χ0n) is 31.0. The summed E-state index contributed by atoms with van der Waals surface area (Å²) in [4.78, 5) is 59.1. The predicted octanol–water partition coefficient (Wildman–Crippen LogP) is -2.15. The number of β-lactam (4-membered cyclic amide) rings is 1. The van der Waals surface area contributed by atoms with Crippen LogP contribution < -0.4 is 41.8 Å². The van der Waals surface area contributed by atoms with Gasteiger partial charge in [-0.15, -0.1) is 11.3 Å². The summed E-state index contributed by atoms with van der Waals surface area (Å²) in [5.74, 6) is -1.67. The first kappa shape index (κ1) is 42.7. The van der Waals surface area contributed by atoms with Crippen LogP contribution >= 0.6 is 11.3 Å². The summed E-state index contributed by atoms with van der Waals surface area (Å²) in [5.41, 5.74) is 16.3. The molecule has 57 heavy (non-hydrogen) atoms. The highest BCUT2D eigenvalue weighted by atomic mass is 32.3. The Hall–Kier alpha value is -5.46. The van der Waals surface area contributed by atoms with Gasteiger partial charge in [0.1, 0.15) is 17.5 Å². The summed E-state index contributed by atoms with van der Waals surface area (Å²) in [6.45, 7) is 6.89. The lowest BCUT2D eigenvalue weighted by Crippen LogP contribution is -2.76. The molecule has 3 aliphatic heterocycles. The van der Waals surface area contributed by atoms with Gasteiger partial charge >= 0.3 is 5.97 Å². The fourth-order valence-electron chi connectivity index (χ4n) is 6.74. The third-order valence-corrected chi connectivity index (χ3v) is 10.8. The van der Waals surface area contributed by atoms with Crippen molar-refractivity contribution >= 4 is 62.7 Å². The Kier molecular flexibility index (Phi) is 12.7. The molecule has 3 aliphatic rings. The van der Waals surface area contributed by atoms with E-state index in [1.807, 2.05) is 18.2 Å². The van der Waals surface area contributed by atoms with E-state index in [1.54, 1.807) is 6.07 Å². The van der Waals surface area contributed by atoms with Gasteiger partial charge in [0, 0.05) is 42.5 Å². The van der Waals surface area contributed by atoms with Crippen molar-refractivity contribution in [1.29, 1.82) is 0 Å². The van der Waals surface area contributed by atoms with Gasteiger partial charge in [0.2, 0.25) is 10.4 Å². The van der Waals surface area contributed by atoms with Crippen LogP contribution in [0.15, 0.2) is 47.1 Å². The van der Waals surface area contributed by atoms with E-state index < -0.39 is 63.7 Å². The largest absolute Gasteiger partial charge is 0.724 e. The van der Waals surface area contributed by atoms with Gasteiger partial charge in [-0.05, 0) is 62.9 Å². The first-order chi connectivity index (χ1) is 26.9. The molecule has 6 rings (SSSR count). The number of carbonyl (C=O) groups excluding carboxylic acids is 3. The molecule has 1 aromatic carbocycles. The Morgan fingerprint density at radius 2 is 1.96 bits per heavy atom. The Bertz CT molecular complexity index is 2170. The fraction of sp³-hybridized carbons (Fsp3) is 0.441. The second-order valence-electron chi connectivity index (χ2n) is 14.0. The van der Waals surface area contributed by atoms with E-state index in [-0.39, 0.29) is 23.2 Å². The number of ether oxygens (including phenoxy) is 1. The molecule has 4 atom stereocenters. The number of oxime groups is 1. The number of amides is 2. The summed E-state index contributed by atoms with van der Waals surface area (Å²) in [7, 11) is -5.28. The van der Waals surface area contributed by atoms with E-state index in [2.05, 4.69) is 41.5 Å². The molecule has 308 valence electrons. The molecule has 0 aliphatic carbocycles. The van der Waals surface area contributed by atoms with E-state index in [0.29, 0.717) is 30.3 Å². The molecule has 8 N–H and O–H groups in total. The molecule has 23 heteroatoms. The van der Waals surface area contributed by atoms with E-state index in [1.165, 1.54) is 26.2 Å². The average molecular weight is 833 g/mol. The van der Waals surface area contributed by atoms with Crippen molar-refractivity contribution in [1.82, 2.24) is 15.4 Å². The van der Waals surface area contributed by atoms with Gasteiger partial charge < -0.3 is 51.7 Å². The Morgan fingerprint density at radius 3 is 2.56 bits per heavy atom. The summed E-state index contributed by atoms with van der Waals surface area (Å²) in [5, 5.41) is 26.7. The highest BCUT2D eigenvalue weighted by Crippen LogP contribution is 2.37. The highest BCUT2D eigenvalue weighted by Gasteiger charge is 2.58. The van der Waals surface area contributed by atoms with Gasteiger partial charge in [-0.25, -0.2) is 22.8 Å². The van der Waals surface area contributed by atoms with Gasteiger partial charge in [-0.3, -0.25) is 14.5 Å². The number of carbonyl (C=O) groups is 4. The molecule has 5 heterocycles. The molecule has 2 aromatic heterocycles. The molecule has 0 saturated carbocycles. The first-order valence-corrected chi connectivity index (χ1v) is 19.6. The Morgan fingerprint density at radius 1 is 1.26 bits per heavy atom. The maximum absolute atomic E-state index is 13.5. The molecule has 3 aromatic rings. The molecule has 2 amide bonds. The number of thiazole rings is 1. The second-order valence-corrected chi connectivity index (χ2v) is 15.9. The van der Waals surface area contributed by atoms with Crippen molar-refractivity contribution in [3.8, 4) is 16.9 Å². The number of rotatable bonds is 13. The van der Waals surface area contributed by atoms with Crippen LogP contribution in [0.3, 0.4) is 0 Å². The van der Waals surface area contributed by atoms with E-state index >= 15 is 0 Å². The van der Waals surface area contributed by atoms with Crippen molar-refractivity contribution < 1.29 is 60.8 Å². The van der Waals surface area contributed by atoms with Crippen LogP contribution in [-0.4, -0.2) is 108 Å². The quantitative estimate of drug-likeness (QED) is 0.0233. The van der Waals surface area contributed by atoms with Crippen LogP contribution in [0.2, 0.25) is 0 Å². The number of hydrogen-bond acceptors (Lipinski definition) is 18. The van der Waals surface area contributed by atoms with Crippen molar-refractivity contribution in [2.45, 2.75) is 63.4 Å². The number of fused-ring (bicyclic) bond motifs is 2. The SMILES string of the molecule is CC1(C)[C@H](NC(=O)/C(=N\O[C@](C)(C(=O)O)[C@H]2CCc3cc(-c4ccc5[n+](c4)CC(CN)CN5CCN)ccc3O2)c2csc(N)n2)C(=O)N1OS(=O)(=O)[O-].O=C[O-]. The number of nitrogens with zero attached hydrogens (tertiary/aromatic N) is 5. The molecule has 1 unspecified atom stereocenters. The number of carboxylic acid groups (broad SMARTS) is 2. The summed E-state index contributed by atoms with van der Waals surface area (Å²) >= 11 is 0.965. The number of hydrogen-bond donors (Lipinski definition) is 5. The minimum atomic E-state index is -5.28. The molecule has 0 spiro atoms. The van der Waals surface area contributed by atoms with Gasteiger partial charge in [-0.2, -0.15) is 9.35 Å². The third kappa shape index (κ3) is 9.08. The monoisotopic (exact) mass is 832 g/mol. The summed E-state index contributed by atoms with van der Waals surface area (Å²) in [6.07, 6.45) is 1.69. The van der Waals surface area contributed by atoms with Gasteiger partial charge in [0.25, 0.3) is 23.2 Å². The van der Waals surface area contributed by atoms with Crippen LogP contribution in [0.25, 0.3) is 11.1 Å². The van der Waals surface area contributed by atoms with Crippen LogP contribution in [-0.2, 0) is 51.7 Å². The number of nitrogens with one attached hydrogen (secondary N) is 1. The van der Waals surface area contributed by atoms with Gasteiger partial charge in [0.15, 0.2) is 16.9 Å². The van der Waals surface area contributed by atoms with Crippen LogP contribution in [0.4, 0.5) is 10.9 Å². The minimum Gasteiger partial charge on any atom is -0.724 e. The maximum atomic E-state index is 13.5. The number of hydroxylamine groups is 2. The molecular weight excluding hydrogens is 791 g/mol. The van der Waals surface area contributed by atoms with Gasteiger partial charge in [-0.1, -0.05) is 11.2 Å². The number of nitrogen functional groups attached to an aromatic ring is 1. The number of anilines is 2. The number of aryl methyl sites for hydroxylation is 1. The zero-order chi connectivity index (χ0) is 41.9. The van der Waals surface area contributed by atoms with E-state index in [0.717, 1.165) is 53.5 Å². The van der Waals surface area contributed by atoms with E-state index in [4.69, 9.17) is 36.7 Å². The van der Waals surface area contributed by atoms with Crippen molar-refractivity contribution in [2.75, 3.05) is 36.8 Å². The summed E-state index contributed by atoms with van der Waals surface area (Å²) < 4.78 is 45.9. The van der Waals surface area contributed by atoms with Crippen LogP contribution in [0, 0.1) is 5.92 Å². The highest BCUT2D eigenvalue weighted by molar-refractivity contribution is 7.80. The molecule has 1 saturated heterocycles. The minimum absolute atomic E-state index is 0.0562. The average Bonchev–Trinajstić information content (AvgIpc) is 3.60. The lowest BCUT2D eigenvalue weighted by molar-refractivity contribution is -0.694. The predicted molar refractivity (Wildman–Crippen MR) is 199 cm³/mol. The van der Waals surface area contributed by atoms with Gasteiger partial charge in [0.05, 0.1) is 31.4 Å². The first-order valence-electron chi connectivity index (χ1n) is 17.4. The number of nitrogens with two attached hydrogens (primary N) is 3. The number of aliphatic carboxylic acids is 1. The fourth-order valence-corrected chi connectivity index (χ4v) is 7.74. The maximum Gasteiger partial charge on any atom is 0.354 e. The number of benzene rings is 1. The van der Waals surface area contributed by atoms with E-state index in [9.17, 15) is 32.5 Å². The molecule has 21 nitrogen and oxygen atoms in total. The third-order valence-electron chi connectivity index (χ3n) is 9.79. The summed E-state index contributed by atoms with van der Waals surface area (Å²) in [6, 6.07) is 8.42. The molecule has 0 radical (unpaired) electrons. The van der Waals surface area contributed by atoms with Crippen molar-refractivity contribution in [3.63, 3.8) is 0 Å². The normalized spacial score (nSPS) is 21.0. The zero-order valence-corrected chi connectivity index (χ0v) is 32.7. The second kappa shape index (κ2) is 17.0. The standard InChI is InChI=1S/C33H41N9O10S2.CH2O2/c1-32(2)27(29(44)42(32)52-54(47,48)49)38-28(43)26(22-17-53-31(36)37-22)39-51-33(3,30(45)46)24-8-5-20-12-19(4-7-23(20)50-24)21-6-9-25-40(11-10-34)14-18(13-35)15-41(25)16-21;2-1-3/h4,6-7,9,12,16-18,24,27H,5,8,10-11,13-15,34-35H2,1-3H3,(H4-,36,37,38,43,45,46,47,48,49);1H,(H,2,3)/p-1/b39-26-;/t18?,24-,27-,33+;/m1./s1.